The molecule has 2 rings (SSSR count). The first-order valence-corrected chi connectivity index (χ1v) is 8.38. The molecule has 4 amide bonds. The van der Waals surface area contributed by atoms with E-state index in [-0.39, 0.29) is 12.5 Å². The van der Waals surface area contributed by atoms with Crippen molar-refractivity contribution in [3.05, 3.63) is 36.9 Å². The third-order valence-corrected chi connectivity index (χ3v) is 3.90. The second kappa shape index (κ2) is 8.86. The van der Waals surface area contributed by atoms with E-state index in [1.165, 1.54) is 6.08 Å². The van der Waals surface area contributed by atoms with Gasteiger partial charge in [0, 0.05) is 30.9 Å². The average Bonchev–Trinajstić information content (AvgIpc) is 2.60. The molecule has 0 aromatic heterocycles. The number of anilines is 2. The summed E-state index contributed by atoms with van der Waals surface area (Å²) in [4.78, 5) is 37.3. The minimum atomic E-state index is -0.609. The number of carbonyl (C=O) groups is 3. The maximum absolute atomic E-state index is 12.0. The molecule has 0 saturated carbocycles. The summed E-state index contributed by atoms with van der Waals surface area (Å²) < 4.78 is 0. The number of piperidine rings is 1. The summed E-state index contributed by atoms with van der Waals surface area (Å²) in [5.74, 6) is -0.325. The minimum Gasteiger partial charge on any atom is -0.374 e. The standard InChI is InChI=1S/C18H24N4O3/c1-3-10-19-18(25)21-17(24)13(2)20-14-7-6-8-15(12-14)22-11-5-4-9-16(22)23/h3,6-8,12-13,20H,1,4-5,9-11H2,2H3,(H2,19,21,24,25)/t13-/m1/s1. The monoisotopic (exact) mass is 344 g/mol. The van der Waals surface area contributed by atoms with Crippen molar-refractivity contribution in [2.24, 2.45) is 0 Å². The third kappa shape index (κ3) is 5.34. The van der Waals surface area contributed by atoms with Crippen molar-refractivity contribution >= 4 is 29.2 Å². The molecule has 25 heavy (non-hydrogen) atoms. The van der Waals surface area contributed by atoms with E-state index in [0.717, 1.165) is 18.5 Å². The molecule has 0 aliphatic carbocycles. The van der Waals surface area contributed by atoms with Crippen LogP contribution in [-0.4, -0.2) is 37.0 Å². The smallest absolute Gasteiger partial charge is 0.321 e. The van der Waals surface area contributed by atoms with Gasteiger partial charge in [-0.05, 0) is 38.0 Å². The van der Waals surface area contributed by atoms with Crippen LogP contribution >= 0.6 is 0 Å². The van der Waals surface area contributed by atoms with Crippen LogP contribution in [0.2, 0.25) is 0 Å². The van der Waals surface area contributed by atoms with Gasteiger partial charge in [-0.1, -0.05) is 12.1 Å². The number of hydrogen-bond acceptors (Lipinski definition) is 4. The van der Waals surface area contributed by atoms with Gasteiger partial charge in [0.2, 0.25) is 11.8 Å². The number of nitrogens with zero attached hydrogens (tertiary/aromatic N) is 1. The van der Waals surface area contributed by atoms with E-state index >= 15 is 0 Å². The van der Waals surface area contributed by atoms with Gasteiger partial charge in [0.25, 0.3) is 0 Å². The van der Waals surface area contributed by atoms with Crippen LogP contribution in [0.4, 0.5) is 16.2 Å². The first-order valence-electron chi connectivity index (χ1n) is 8.38. The molecule has 0 spiro atoms. The predicted octanol–water partition coefficient (Wildman–Crippen LogP) is 2.02. The first-order chi connectivity index (χ1) is 12.0. The maximum atomic E-state index is 12.0. The largest absolute Gasteiger partial charge is 0.374 e. The number of benzene rings is 1. The number of amides is 4. The number of rotatable bonds is 6. The molecule has 1 aromatic rings. The lowest BCUT2D eigenvalue weighted by molar-refractivity contribution is -0.120. The molecule has 0 bridgehead atoms. The molecular formula is C18H24N4O3. The number of carbonyl (C=O) groups excluding carboxylic acids is 3. The SMILES string of the molecule is C=CCNC(=O)NC(=O)[C@@H](C)Nc1cccc(N2CCCCC2=O)c1. The average molecular weight is 344 g/mol. The molecule has 1 fully saturated rings. The molecule has 3 N–H and O–H groups in total. The third-order valence-electron chi connectivity index (χ3n) is 3.90. The van der Waals surface area contributed by atoms with Gasteiger partial charge in [-0.2, -0.15) is 0 Å². The van der Waals surface area contributed by atoms with Gasteiger partial charge in [0.15, 0.2) is 0 Å². The van der Waals surface area contributed by atoms with Crippen LogP contribution in [0.15, 0.2) is 36.9 Å². The van der Waals surface area contributed by atoms with Gasteiger partial charge in [0.05, 0.1) is 0 Å². The van der Waals surface area contributed by atoms with E-state index in [0.29, 0.717) is 18.7 Å². The Hall–Kier alpha value is -2.83. The van der Waals surface area contributed by atoms with Crippen molar-refractivity contribution in [2.45, 2.75) is 32.2 Å². The molecule has 1 heterocycles. The molecule has 0 radical (unpaired) electrons. The van der Waals surface area contributed by atoms with Crippen molar-refractivity contribution in [1.29, 1.82) is 0 Å². The normalized spacial score (nSPS) is 15.2. The highest BCUT2D eigenvalue weighted by Gasteiger charge is 2.20. The maximum Gasteiger partial charge on any atom is 0.321 e. The van der Waals surface area contributed by atoms with E-state index in [9.17, 15) is 14.4 Å². The van der Waals surface area contributed by atoms with Gasteiger partial charge in [0.1, 0.15) is 6.04 Å². The fraction of sp³-hybridized carbons (Fsp3) is 0.389. The molecule has 1 aliphatic rings. The molecule has 1 atom stereocenters. The first kappa shape index (κ1) is 18.5. The second-order valence-corrected chi connectivity index (χ2v) is 5.91. The zero-order valence-corrected chi connectivity index (χ0v) is 14.4. The summed E-state index contributed by atoms with van der Waals surface area (Å²) in [6.45, 7) is 6.14. The Morgan fingerprint density at radius 1 is 1.36 bits per heavy atom. The Labute approximate surface area is 147 Å². The van der Waals surface area contributed by atoms with E-state index in [1.54, 1.807) is 11.8 Å². The molecule has 0 unspecified atom stereocenters. The highest BCUT2D eigenvalue weighted by atomic mass is 16.2. The Morgan fingerprint density at radius 3 is 2.88 bits per heavy atom. The number of urea groups is 1. The van der Waals surface area contributed by atoms with Gasteiger partial charge in [-0.3, -0.25) is 14.9 Å². The summed E-state index contributed by atoms with van der Waals surface area (Å²) in [7, 11) is 0. The highest BCUT2D eigenvalue weighted by molar-refractivity contribution is 5.98. The fourth-order valence-electron chi connectivity index (χ4n) is 2.59. The Kier molecular flexibility index (Phi) is 6.56. The van der Waals surface area contributed by atoms with Crippen LogP contribution in [0.3, 0.4) is 0 Å². The van der Waals surface area contributed by atoms with Crippen LogP contribution in [0.5, 0.6) is 0 Å². The van der Waals surface area contributed by atoms with E-state index in [4.69, 9.17) is 0 Å². The van der Waals surface area contributed by atoms with Gasteiger partial charge in [-0.15, -0.1) is 6.58 Å². The zero-order chi connectivity index (χ0) is 18.2. The lowest BCUT2D eigenvalue weighted by Gasteiger charge is -2.27. The number of hydrogen-bond donors (Lipinski definition) is 3. The molecule has 7 heteroatoms. The molecule has 1 aromatic carbocycles. The van der Waals surface area contributed by atoms with Crippen LogP contribution in [-0.2, 0) is 9.59 Å². The lowest BCUT2D eigenvalue weighted by Crippen LogP contribution is -2.45. The molecule has 1 aliphatic heterocycles. The molecule has 7 nitrogen and oxygen atoms in total. The Bertz CT molecular complexity index is 659. The number of imide groups is 1. The topological polar surface area (TPSA) is 90.5 Å². The summed E-state index contributed by atoms with van der Waals surface area (Å²) in [5.41, 5.74) is 1.52. The molecule has 134 valence electrons. The number of nitrogens with one attached hydrogen (secondary N) is 3. The van der Waals surface area contributed by atoms with E-state index < -0.39 is 18.0 Å². The lowest BCUT2D eigenvalue weighted by atomic mass is 10.1. The second-order valence-electron chi connectivity index (χ2n) is 5.91. The Balaban J connectivity index is 1.96. The van der Waals surface area contributed by atoms with Crippen molar-refractivity contribution < 1.29 is 14.4 Å². The van der Waals surface area contributed by atoms with E-state index in [1.807, 2.05) is 24.3 Å². The summed E-state index contributed by atoms with van der Waals surface area (Å²) in [6, 6.07) is 6.20. The van der Waals surface area contributed by atoms with Crippen LogP contribution < -0.4 is 20.9 Å². The molecule has 1 saturated heterocycles. The van der Waals surface area contributed by atoms with Gasteiger partial charge in [-0.25, -0.2) is 4.79 Å². The summed E-state index contributed by atoms with van der Waals surface area (Å²) in [6.07, 6.45) is 4.01. The van der Waals surface area contributed by atoms with Crippen LogP contribution in [0, 0.1) is 0 Å². The minimum absolute atomic E-state index is 0.119. The predicted molar refractivity (Wildman–Crippen MR) is 97.5 cm³/mol. The fourth-order valence-corrected chi connectivity index (χ4v) is 2.59. The van der Waals surface area contributed by atoms with Crippen molar-refractivity contribution in [1.82, 2.24) is 10.6 Å². The van der Waals surface area contributed by atoms with Gasteiger partial charge < -0.3 is 15.5 Å². The summed E-state index contributed by atoms with van der Waals surface area (Å²) in [5, 5.41) is 7.78. The molecular weight excluding hydrogens is 320 g/mol. The van der Waals surface area contributed by atoms with Crippen molar-refractivity contribution in [3.63, 3.8) is 0 Å². The quantitative estimate of drug-likeness (QED) is 0.689. The van der Waals surface area contributed by atoms with Gasteiger partial charge >= 0.3 is 6.03 Å². The summed E-state index contributed by atoms with van der Waals surface area (Å²) >= 11 is 0. The van der Waals surface area contributed by atoms with Crippen molar-refractivity contribution in [2.75, 3.05) is 23.3 Å². The van der Waals surface area contributed by atoms with E-state index in [2.05, 4.69) is 22.5 Å². The van der Waals surface area contributed by atoms with Crippen molar-refractivity contribution in [3.8, 4) is 0 Å². The zero-order valence-electron chi connectivity index (χ0n) is 14.4. The highest BCUT2D eigenvalue weighted by Crippen LogP contribution is 2.24. The van der Waals surface area contributed by atoms with Crippen LogP contribution in [0.25, 0.3) is 0 Å². The Morgan fingerprint density at radius 2 is 2.16 bits per heavy atom. The van der Waals surface area contributed by atoms with Crippen LogP contribution in [0.1, 0.15) is 26.2 Å².